The molecule has 0 aromatic heterocycles. The molecule has 0 aromatic carbocycles. The molecule has 0 aliphatic carbocycles. The minimum Gasteiger partial charge on any atom is -0.290 e. The van der Waals surface area contributed by atoms with Gasteiger partial charge in [0.25, 0.3) is 0 Å². The molecule has 0 unspecified atom stereocenters. The average Bonchev–Trinajstić information content (AvgIpc) is 1.83. The highest BCUT2D eigenvalue weighted by Crippen LogP contribution is 1.76. The van der Waals surface area contributed by atoms with Crippen LogP contribution in [0.1, 0.15) is 0 Å². The fourth-order valence-electron chi connectivity index (χ4n) is 0.231. The highest BCUT2D eigenvalue weighted by molar-refractivity contribution is 5.98. The van der Waals surface area contributed by atoms with Gasteiger partial charge in [0.1, 0.15) is 0 Å². The number of ketones is 1. The molecule has 0 N–H and O–H groups in total. The normalized spacial score (nSPS) is 9.00. The molecule has 42 valence electrons. The maximum absolute atomic E-state index is 10.3. The van der Waals surface area contributed by atoms with Crippen molar-refractivity contribution < 1.29 is 4.79 Å². The maximum atomic E-state index is 10.3. The molecular formula is C7H8O. The van der Waals surface area contributed by atoms with Crippen LogP contribution in [0.25, 0.3) is 0 Å². The molecule has 0 fully saturated rings. The van der Waals surface area contributed by atoms with Crippen LogP contribution in [0.4, 0.5) is 0 Å². The van der Waals surface area contributed by atoms with E-state index in [2.05, 4.69) is 13.2 Å². The Hall–Kier alpha value is -1.11. The molecule has 0 spiro atoms. The molecule has 0 radical (unpaired) electrons. The first-order chi connectivity index (χ1) is 3.81. The van der Waals surface area contributed by atoms with Gasteiger partial charge < -0.3 is 0 Å². The van der Waals surface area contributed by atoms with Crippen LogP contribution in [0.15, 0.2) is 37.5 Å². The zero-order valence-electron chi connectivity index (χ0n) is 4.63. The van der Waals surface area contributed by atoms with Crippen LogP contribution in [0.2, 0.25) is 0 Å². The van der Waals surface area contributed by atoms with Crippen LogP contribution in [0.5, 0.6) is 0 Å². The maximum Gasteiger partial charge on any atom is 0.178 e. The number of hydrogen-bond acceptors (Lipinski definition) is 1. The van der Waals surface area contributed by atoms with Crippen LogP contribution in [0.3, 0.4) is 0 Å². The molecule has 0 saturated heterocycles. The highest BCUT2D eigenvalue weighted by Gasteiger charge is 1.79. The summed E-state index contributed by atoms with van der Waals surface area (Å²) in [5.41, 5.74) is 0. The van der Waals surface area contributed by atoms with Crippen molar-refractivity contribution in [2.75, 3.05) is 0 Å². The Labute approximate surface area is 49.0 Å². The van der Waals surface area contributed by atoms with Crippen LogP contribution in [0, 0.1) is 0 Å². The smallest absolute Gasteiger partial charge is 0.178 e. The van der Waals surface area contributed by atoms with E-state index in [9.17, 15) is 4.79 Å². The van der Waals surface area contributed by atoms with Crippen LogP contribution < -0.4 is 0 Å². The number of allylic oxidation sites excluding steroid dienone is 4. The first-order valence-corrected chi connectivity index (χ1v) is 2.26. The van der Waals surface area contributed by atoms with E-state index < -0.39 is 0 Å². The Morgan fingerprint density at radius 2 is 2.00 bits per heavy atom. The Morgan fingerprint density at radius 3 is 2.38 bits per heavy atom. The monoisotopic (exact) mass is 108 g/mol. The van der Waals surface area contributed by atoms with Gasteiger partial charge in [-0.1, -0.05) is 25.3 Å². The largest absolute Gasteiger partial charge is 0.290 e. The van der Waals surface area contributed by atoms with E-state index in [1.165, 1.54) is 12.2 Å². The summed E-state index contributed by atoms with van der Waals surface area (Å²) in [6.45, 7) is 6.67. The van der Waals surface area contributed by atoms with E-state index >= 15 is 0 Å². The summed E-state index contributed by atoms with van der Waals surface area (Å²) in [7, 11) is 0. The van der Waals surface area contributed by atoms with E-state index in [4.69, 9.17) is 0 Å². The summed E-state index contributed by atoms with van der Waals surface area (Å²) >= 11 is 0. The second-order valence-electron chi connectivity index (χ2n) is 1.20. The van der Waals surface area contributed by atoms with Crippen molar-refractivity contribution in [3.63, 3.8) is 0 Å². The van der Waals surface area contributed by atoms with E-state index in [1.54, 1.807) is 12.2 Å². The van der Waals surface area contributed by atoms with Gasteiger partial charge in [0.15, 0.2) is 5.78 Å². The molecule has 0 amide bonds. The molecule has 0 bridgehead atoms. The summed E-state index contributed by atoms with van der Waals surface area (Å²) < 4.78 is 0. The molecule has 0 saturated carbocycles. The quantitative estimate of drug-likeness (QED) is 0.395. The third-order valence-electron chi connectivity index (χ3n) is 0.598. The Balaban J connectivity index is 3.69. The molecule has 0 aliphatic rings. The van der Waals surface area contributed by atoms with Gasteiger partial charge in [-0.25, -0.2) is 0 Å². The number of carbonyl (C=O) groups excluding carboxylic acids is 1. The zero-order valence-corrected chi connectivity index (χ0v) is 4.63. The molecular weight excluding hydrogens is 100 g/mol. The Morgan fingerprint density at radius 1 is 1.38 bits per heavy atom. The molecule has 0 heterocycles. The van der Waals surface area contributed by atoms with E-state index in [0.717, 1.165) is 0 Å². The predicted octanol–water partition coefficient (Wildman–Crippen LogP) is 1.48. The van der Waals surface area contributed by atoms with Gasteiger partial charge in [-0.15, -0.1) is 0 Å². The lowest BCUT2D eigenvalue weighted by molar-refractivity contribution is -0.110. The summed E-state index contributed by atoms with van der Waals surface area (Å²) in [5.74, 6) is -0.0927. The molecule has 0 atom stereocenters. The van der Waals surface area contributed by atoms with Crippen molar-refractivity contribution in [2.45, 2.75) is 0 Å². The molecule has 0 aromatic rings. The molecule has 0 aliphatic heterocycles. The van der Waals surface area contributed by atoms with Gasteiger partial charge in [-0.2, -0.15) is 0 Å². The van der Waals surface area contributed by atoms with Gasteiger partial charge in [0.05, 0.1) is 0 Å². The van der Waals surface area contributed by atoms with Crippen molar-refractivity contribution in [3.05, 3.63) is 37.5 Å². The summed E-state index contributed by atoms with van der Waals surface area (Å²) in [5, 5.41) is 0. The van der Waals surface area contributed by atoms with Crippen LogP contribution in [-0.4, -0.2) is 5.78 Å². The van der Waals surface area contributed by atoms with Crippen molar-refractivity contribution in [3.8, 4) is 0 Å². The fourth-order valence-corrected chi connectivity index (χ4v) is 0.231. The molecule has 0 rings (SSSR count). The van der Waals surface area contributed by atoms with Crippen molar-refractivity contribution >= 4 is 5.78 Å². The minimum atomic E-state index is -0.0927. The van der Waals surface area contributed by atoms with Crippen molar-refractivity contribution in [1.82, 2.24) is 0 Å². The van der Waals surface area contributed by atoms with E-state index in [1.807, 2.05) is 0 Å². The fraction of sp³-hybridized carbons (Fsp3) is 0. The zero-order chi connectivity index (χ0) is 6.41. The second-order valence-corrected chi connectivity index (χ2v) is 1.20. The summed E-state index contributed by atoms with van der Waals surface area (Å²) in [6, 6.07) is 0. The lowest BCUT2D eigenvalue weighted by Crippen LogP contribution is -1.80. The number of carbonyl (C=O) groups is 1. The minimum absolute atomic E-state index is 0.0927. The SMILES string of the molecule is C=C/C=C/C(=O)C=C. The molecule has 8 heavy (non-hydrogen) atoms. The van der Waals surface area contributed by atoms with Gasteiger partial charge in [-0.05, 0) is 12.2 Å². The van der Waals surface area contributed by atoms with Crippen LogP contribution in [-0.2, 0) is 4.79 Å². The summed E-state index contributed by atoms with van der Waals surface area (Å²) in [4.78, 5) is 10.3. The van der Waals surface area contributed by atoms with E-state index in [-0.39, 0.29) is 5.78 Å². The average molecular weight is 108 g/mol. The standard InChI is InChI=1S/C7H8O/c1-3-5-6-7(8)4-2/h3-6H,1-2H2/b6-5+. The summed E-state index contributed by atoms with van der Waals surface area (Å²) in [6.07, 6.45) is 5.77. The van der Waals surface area contributed by atoms with Crippen molar-refractivity contribution in [2.24, 2.45) is 0 Å². The van der Waals surface area contributed by atoms with Crippen LogP contribution >= 0.6 is 0 Å². The number of hydrogen-bond donors (Lipinski definition) is 0. The molecule has 1 nitrogen and oxygen atoms in total. The Kier molecular flexibility index (Phi) is 3.50. The topological polar surface area (TPSA) is 17.1 Å². The van der Waals surface area contributed by atoms with Gasteiger partial charge in [-0.3, -0.25) is 4.79 Å². The third-order valence-corrected chi connectivity index (χ3v) is 0.598. The Bertz CT molecular complexity index is 131. The lowest BCUT2D eigenvalue weighted by Gasteiger charge is -1.73. The highest BCUT2D eigenvalue weighted by atomic mass is 16.1. The van der Waals surface area contributed by atoms with Crippen molar-refractivity contribution in [1.29, 1.82) is 0 Å². The van der Waals surface area contributed by atoms with E-state index in [0.29, 0.717) is 0 Å². The van der Waals surface area contributed by atoms with Gasteiger partial charge >= 0.3 is 0 Å². The third kappa shape index (κ3) is 3.09. The van der Waals surface area contributed by atoms with Gasteiger partial charge in [0.2, 0.25) is 0 Å². The predicted molar refractivity (Wildman–Crippen MR) is 34.5 cm³/mol. The van der Waals surface area contributed by atoms with Gasteiger partial charge in [0, 0.05) is 0 Å². The lowest BCUT2D eigenvalue weighted by atomic mass is 10.3. The first-order valence-electron chi connectivity index (χ1n) is 2.26. The number of rotatable bonds is 3. The molecule has 1 heteroatoms. The first kappa shape index (κ1) is 6.89. The second kappa shape index (κ2) is 4.06.